The largest absolute Gasteiger partial charge is 0.342 e. The Morgan fingerprint density at radius 3 is 2.50 bits per heavy atom. The van der Waals surface area contributed by atoms with E-state index in [4.69, 9.17) is 0 Å². The predicted molar refractivity (Wildman–Crippen MR) is 97.1 cm³/mol. The first-order valence-corrected chi connectivity index (χ1v) is 8.38. The summed E-state index contributed by atoms with van der Waals surface area (Å²) in [7, 11) is 0. The van der Waals surface area contributed by atoms with Gasteiger partial charge in [0.1, 0.15) is 11.9 Å². The summed E-state index contributed by atoms with van der Waals surface area (Å²) in [6.45, 7) is 8.31. The molecule has 2 aromatic heterocycles. The summed E-state index contributed by atoms with van der Waals surface area (Å²) in [6, 6.07) is 9.42. The number of rotatable bonds is 5. The highest BCUT2D eigenvalue weighted by atomic mass is 16.2. The molecule has 5 heteroatoms. The van der Waals surface area contributed by atoms with Crippen molar-refractivity contribution < 1.29 is 4.79 Å². The number of amides is 1. The van der Waals surface area contributed by atoms with Crippen LogP contribution in [0.15, 0.2) is 42.7 Å². The molecule has 0 aliphatic carbocycles. The van der Waals surface area contributed by atoms with Gasteiger partial charge in [0.25, 0.3) is 0 Å². The number of fused-ring (bicyclic) bond motifs is 1. The van der Waals surface area contributed by atoms with Gasteiger partial charge in [-0.25, -0.2) is 4.98 Å². The van der Waals surface area contributed by atoms with E-state index in [-0.39, 0.29) is 17.9 Å². The zero-order chi connectivity index (χ0) is 17.3. The number of nitrogens with one attached hydrogen (secondary N) is 2. The first-order chi connectivity index (χ1) is 11.5. The quantitative estimate of drug-likeness (QED) is 0.734. The van der Waals surface area contributed by atoms with Gasteiger partial charge in [-0.1, -0.05) is 27.7 Å². The van der Waals surface area contributed by atoms with Gasteiger partial charge in [-0.05, 0) is 36.2 Å². The van der Waals surface area contributed by atoms with Crippen molar-refractivity contribution in [2.45, 2.75) is 39.7 Å². The van der Waals surface area contributed by atoms with Crippen LogP contribution in [-0.2, 0) is 4.79 Å². The Labute approximate surface area is 142 Å². The molecule has 0 spiro atoms. The smallest absolute Gasteiger partial charge is 0.247 e. The zero-order valence-electron chi connectivity index (χ0n) is 14.6. The van der Waals surface area contributed by atoms with Gasteiger partial charge in [-0.15, -0.1) is 0 Å². The van der Waals surface area contributed by atoms with Crippen molar-refractivity contribution in [3.63, 3.8) is 0 Å². The van der Waals surface area contributed by atoms with E-state index >= 15 is 0 Å². The van der Waals surface area contributed by atoms with E-state index in [1.54, 1.807) is 0 Å². The molecule has 5 nitrogen and oxygen atoms in total. The topological polar surface area (TPSA) is 62.7 Å². The van der Waals surface area contributed by atoms with Crippen LogP contribution >= 0.6 is 0 Å². The van der Waals surface area contributed by atoms with Gasteiger partial charge >= 0.3 is 0 Å². The maximum Gasteiger partial charge on any atom is 0.247 e. The first kappa shape index (κ1) is 16.3. The second-order valence-electron chi connectivity index (χ2n) is 6.82. The molecule has 1 atom stereocenters. The number of hydrogen-bond acceptors (Lipinski definition) is 2. The van der Waals surface area contributed by atoms with Crippen molar-refractivity contribution >= 4 is 22.6 Å². The predicted octanol–water partition coefficient (Wildman–Crippen LogP) is 4.32. The number of H-pyrrole nitrogens is 1. The number of aromatic amines is 1. The summed E-state index contributed by atoms with van der Waals surface area (Å²) < 4.78 is 1.95. The van der Waals surface area contributed by atoms with Crippen molar-refractivity contribution in [1.29, 1.82) is 0 Å². The molecule has 24 heavy (non-hydrogen) atoms. The van der Waals surface area contributed by atoms with Crippen LogP contribution in [0.25, 0.3) is 11.0 Å². The molecule has 126 valence electrons. The summed E-state index contributed by atoms with van der Waals surface area (Å²) in [5.41, 5.74) is 2.64. The van der Waals surface area contributed by atoms with Crippen molar-refractivity contribution in [3.05, 3.63) is 48.5 Å². The van der Waals surface area contributed by atoms with Crippen LogP contribution in [-0.4, -0.2) is 20.4 Å². The Morgan fingerprint density at radius 1 is 1.17 bits per heavy atom. The van der Waals surface area contributed by atoms with Crippen LogP contribution in [0, 0.1) is 5.92 Å². The fourth-order valence-corrected chi connectivity index (χ4v) is 2.91. The van der Waals surface area contributed by atoms with E-state index in [0.29, 0.717) is 5.92 Å². The Bertz CT molecular complexity index is 830. The van der Waals surface area contributed by atoms with Gasteiger partial charge in [-0.2, -0.15) is 0 Å². The summed E-state index contributed by atoms with van der Waals surface area (Å²) in [5.74, 6) is 1.49. The molecule has 3 aromatic rings. The fraction of sp³-hybridized carbons (Fsp3) is 0.368. The third kappa shape index (κ3) is 3.20. The molecule has 1 amide bonds. The highest BCUT2D eigenvalue weighted by molar-refractivity contribution is 5.95. The van der Waals surface area contributed by atoms with Gasteiger partial charge in [0, 0.05) is 24.0 Å². The third-order valence-electron chi connectivity index (χ3n) is 4.16. The lowest BCUT2D eigenvalue weighted by molar-refractivity contribution is -0.120. The van der Waals surface area contributed by atoms with Crippen LogP contribution in [0.1, 0.15) is 45.5 Å². The third-order valence-corrected chi connectivity index (χ3v) is 4.16. The summed E-state index contributed by atoms with van der Waals surface area (Å²) >= 11 is 0. The number of benzene rings is 1. The molecule has 0 saturated heterocycles. The normalized spacial score (nSPS) is 12.9. The van der Waals surface area contributed by atoms with Crippen molar-refractivity contribution in [1.82, 2.24) is 14.5 Å². The van der Waals surface area contributed by atoms with Gasteiger partial charge in [0.05, 0.1) is 11.0 Å². The number of imidazole rings is 1. The minimum absolute atomic E-state index is 0.0100. The van der Waals surface area contributed by atoms with Crippen LogP contribution in [0.5, 0.6) is 0 Å². The average molecular weight is 324 g/mol. The summed E-state index contributed by atoms with van der Waals surface area (Å²) in [5, 5.41) is 3.03. The Morgan fingerprint density at radius 2 is 1.88 bits per heavy atom. The van der Waals surface area contributed by atoms with Crippen LogP contribution in [0.4, 0.5) is 5.69 Å². The van der Waals surface area contributed by atoms with E-state index in [1.165, 1.54) is 0 Å². The molecule has 0 saturated carbocycles. The monoisotopic (exact) mass is 324 g/mol. The second kappa shape index (κ2) is 6.51. The van der Waals surface area contributed by atoms with Crippen LogP contribution in [0.3, 0.4) is 0 Å². The van der Waals surface area contributed by atoms with Gasteiger partial charge < -0.3 is 14.9 Å². The minimum Gasteiger partial charge on any atom is -0.342 e. The number of carbonyl (C=O) groups is 1. The molecule has 1 aromatic carbocycles. The highest BCUT2D eigenvalue weighted by Gasteiger charge is 2.23. The van der Waals surface area contributed by atoms with Crippen LogP contribution in [0.2, 0.25) is 0 Å². The molecule has 0 aliphatic rings. The number of nitrogens with zero attached hydrogens (tertiary/aromatic N) is 2. The second-order valence-corrected chi connectivity index (χ2v) is 6.82. The fourth-order valence-electron chi connectivity index (χ4n) is 2.91. The molecule has 3 rings (SSSR count). The number of anilines is 1. The van der Waals surface area contributed by atoms with Crippen molar-refractivity contribution in [3.8, 4) is 0 Å². The van der Waals surface area contributed by atoms with E-state index < -0.39 is 0 Å². The molecule has 2 heterocycles. The Hall–Kier alpha value is -2.56. The Kier molecular flexibility index (Phi) is 4.42. The molecule has 0 bridgehead atoms. The minimum atomic E-state index is -0.233. The molecule has 0 fully saturated rings. The van der Waals surface area contributed by atoms with Crippen molar-refractivity contribution in [2.24, 2.45) is 5.92 Å². The standard InChI is InChI=1S/C19H24N4O/c1-12(2)17(23-9-5-6-10-23)19(24)20-14-7-8-15-16(11-14)22-18(21-15)13(3)4/h5-13,17H,1-4H3,(H,20,24)(H,21,22)/t17-/m0/s1. The lowest BCUT2D eigenvalue weighted by Gasteiger charge is -2.22. The van der Waals surface area contributed by atoms with E-state index in [1.807, 2.05) is 47.3 Å². The average Bonchev–Trinajstić information content (AvgIpc) is 3.15. The van der Waals surface area contributed by atoms with Crippen LogP contribution < -0.4 is 5.32 Å². The number of carbonyl (C=O) groups excluding carboxylic acids is 1. The molecular weight excluding hydrogens is 300 g/mol. The SMILES string of the molecule is CC(C)c1nc2ccc(NC(=O)[C@H](C(C)C)n3cccc3)cc2[nH]1. The molecular formula is C19H24N4O. The number of aromatic nitrogens is 3. The van der Waals surface area contributed by atoms with Gasteiger partial charge in [0.2, 0.25) is 5.91 Å². The lowest BCUT2D eigenvalue weighted by atomic mass is 10.0. The van der Waals surface area contributed by atoms with Gasteiger partial charge in [-0.3, -0.25) is 4.79 Å². The first-order valence-electron chi connectivity index (χ1n) is 8.38. The molecule has 0 radical (unpaired) electrons. The zero-order valence-corrected chi connectivity index (χ0v) is 14.6. The summed E-state index contributed by atoms with van der Waals surface area (Å²) in [4.78, 5) is 20.6. The number of hydrogen-bond donors (Lipinski definition) is 2. The highest BCUT2D eigenvalue weighted by Crippen LogP contribution is 2.23. The lowest BCUT2D eigenvalue weighted by Crippen LogP contribution is -2.29. The van der Waals surface area contributed by atoms with E-state index in [9.17, 15) is 4.79 Å². The molecule has 2 N–H and O–H groups in total. The maximum absolute atomic E-state index is 12.7. The van der Waals surface area contributed by atoms with Crippen molar-refractivity contribution in [2.75, 3.05) is 5.32 Å². The summed E-state index contributed by atoms with van der Waals surface area (Å²) in [6.07, 6.45) is 3.86. The van der Waals surface area contributed by atoms with Gasteiger partial charge in [0.15, 0.2) is 0 Å². The molecule has 0 unspecified atom stereocenters. The maximum atomic E-state index is 12.7. The van der Waals surface area contributed by atoms with E-state index in [0.717, 1.165) is 22.5 Å². The van der Waals surface area contributed by atoms with E-state index in [2.05, 4.69) is 43.0 Å². The Balaban J connectivity index is 1.84. The molecule has 0 aliphatic heterocycles.